The van der Waals surface area contributed by atoms with Crippen molar-refractivity contribution < 1.29 is 22.7 Å². The normalized spacial score (nSPS) is 16.2. The fourth-order valence-corrected chi connectivity index (χ4v) is 4.62. The van der Waals surface area contributed by atoms with E-state index in [2.05, 4.69) is 9.62 Å². The topological polar surface area (TPSA) is 84.9 Å². The van der Waals surface area contributed by atoms with Gasteiger partial charge >= 0.3 is 5.97 Å². The predicted molar refractivity (Wildman–Crippen MR) is 114 cm³/mol. The molecule has 0 bridgehead atoms. The number of nitrogens with one attached hydrogen (secondary N) is 1. The number of halogens is 1. The highest BCUT2D eigenvalue weighted by Gasteiger charge is 2.25. The van der Waals surface area contributed by atoms with E-state index in [-0.39, 0.29) is 29.7 Å². The number of ether oxygens (including phenoxy) is 2. The molecule has 9 heteroatoms. The zero-order valence-corrected chi connectivity index (χ0v) is 18.3. The van der Waals surface area contributed by atoms with Crippen molar-refractivity contribution >= 4 is 27.6 Å². The lowest BCUT2D eigenvalue weighted by molar-refractivity contribution is 0.0172. The molecular formula is C21H25ClN2O5S. The van der Waals surface area contributed by atoms with Gasteiger partial charge in [-0.1, -0.05) is 29.8 Å². The van der Waals surface area contributed by atoms with Crippen LogP contribution in [-0.4, -0.2) is 58.7 Å². The molecule has 2 aromatic rings. The molecule has 2 aromatic carbocycles. The van der Waals surface area contributed by atoms with Crippen molar-refractivity contribution in [1.29, 1.82) is 0 Å². The van der Waals surface area contributed by atoms with Gasteiger partial charge < -0.3 is 9.47 Å². The monoisotopic (exact) mass is 452 g/mol. The van der Waals surface area contributed by atoms with Gasteiger partial charge in [-0.05, 0) is 42.8 Å². The summed E-state index contributed by atoms with van der Waals surface area (Å²) in [6.45, 7) is 4.63. The minimum atomic E-state index is -3.83. The zero-order chi connectivity index (χ0) is 21.6. The Morgan fingerprint density at radius 3 is 2.63 bits per heavy atom. The van der Waals surface area contributed by atoms with Crippen LogP contribution in [0.2, 0.25) is 5.02 Å². The Bertz CT molecular complexity index is 977. The van der Waals surface area contributed by atoms with Gasteiger partial charge in [0.25, 0.3) is 0 Å². The highest BCUT2D eigenvalue weighted by Crippen LogP contribution is 2.24. The summed E-state index contributed by atoms with van der Waals surface area (Å²) in [6.07, 6.45) is 0. The molecule has 3 rings (SSSR count). The molecule has 7 nitrogen and oxygen atoms in total. The van der Waals surface area contributed by atoms with Gasteiger partial charge in [0.1, 0.15) is 0 Å². The number of morpholine rings is 1. The number of hydrogen-bond donors (Lipinski definition) is 1. The summed E-state index contributed by atoms with van der Waals surface area (Å²) in [5.74, 6) is -0.556. The van der Waals surface area contributed by atoms with E-state index in [1.165, 1.54) is 24.3 Å². The Labute approximate surface area is 182 Å². The van der Waals surface area contributed by atoms with Crippen LogP contribution in [0.1, 0.15) is 28.9 Å². The fourth-order valence-electron chi connectivity index (χ4n) is 3.34. The molecule has 0 aliphatic carbocycles. The molecule has 162 valence electrons. The Hall–Kier alpha value is -1.97. The smallest absolute Gasteiger partial charge is 0.338 e. The van der Waals surface area contributed by atoms with Gasteiger partial charge in [0, 0.05) is 30.7 Å². The molecule has 0 aromatic heterocycles. The number of rotatable bonds is 8. The lowest BCUT2D eigenvalue weighted by Gasteiger charge is -2.35. The molecular weight excluding hydrogens is 428 g/mol. The Balaban J connectivity index is 1.80. The molecule has 1 fully saturated rings. The summed E-state index contributed by atoms with van der Waals surface area (Å²) >= 11 is 6.16. The van der Waals surface area contributed by atoms with Gasteiger partial charge in [-0.15, -0.1) is 0 Å². The number of carbonyl (C=O) groups is 1. The van der Waals surface area contributed by atoms with E-state index in [4.69, 9.17) is 21.1 Å². The van der Waals surface area contributed by atoms with E-state index >= 15 is 0 Å². The molecule has 30 heavy (non-hydrogen) atoms. The van der Waals surface area contributed by atoms with Gasteiger partial charge in [0.05, 0.1) is 30.3 Å². The van der Waals surface area contributed by atoms with Crippen LogP contribution >= 0.6 is 11.6 Å². The average Bonchev–Trinajstić information content (AvgIpc) is 2.75. The van der Waals surface area contributed by atoms with Crippen LogP contribution in [0.15, 0.2) is 53.4 Å². The third-order valence-electron chi connectivity index (χ3n) is 4.84. The van der Waals surface area contributed by atoms with E-state index in [1.54, 1.807) is 13.0 Å². The summed E-state index contributed by atoms with van der Waals surface area (Å²) in [7, 11) is -3.83. The number of carbonyl (C=O) groups excluding carboxylic acids is 1. The SMILES string of the molecule is CCOC(=O)c1cccc(S(=O)(=O)NCC(c2cccc(Cl)c2)N2CCOCC2)c1. The van der Waals surface area contributed by atoms with Crippen molar-refractivity contribution in [1.82, 2.24) is 9.62 Å². The van der Waals surface area contributed by atoms with Crippen molar-refractivity contribution in [3.8, 4) is 0 Å². The fraction of sp³-hybridized carbons (Fsp3) is 0.381. The zero-order valence-electron chi connectivity index (χ0n) is 16.7. The molecule has 1 aliphatic heterocycles. The minimum Gasteiger partial charge on any atom is -0.462 e. The summed E-state index contributed by atoms with van der Waals surface area (Å²) in [4.78, 5) is 14.1. The standard InChI is InChI=1S/C21H25ClN2O5S/c1-2-29-21(25)17-6-4-8-19(14-17)30(26,27)23-15-20(24-9-11-28-12-10-24)16-5-3-7-18(22)13-16/h3-8,13-14,20,23H,2,9-12,15H2,1H3. The van der Waals surface area contributed by atoms with E-state index in [0.717, 1.165) is 5.56 Å². The maximum atomic E-state index is 12.9. The highest BCUT2D eigenvalue weighted by molar-refractivity contribution is 7.89. The second-order valence-electron chi connectivity index (χ2n) is 6.82. The summed E-state index contributed by atoms with van der Waals surface area (Å²) in [5.41, 5.74) is 1.12. The average molecular weight is 453 g/mol. The Kier molecular flexibility index (Phi) is 7.85. The van der Waals surface area contributed by atoms with E-state index in [9.17, 15) is 13.2 Å². The number of benzene rings is 2. The second kappa shape index (κ2) is 10.4. The molecule has 1 saturated heterocycles. The lowest BCUT2D eigenvalue weighted by Crippen LogP contribution is -2.43. The second-order valence-corrected chi connectivity index (χ2v) is 9.02. The Morgan fingerprint density at radius 1 is 1.20 bits per heavy atom. The van der Waals surface area contributed by atoms with Crippen LogP contribution in [0.5, 0.6) is 0 Å². The minimum absolute atomic E-state index is 0.0138. The number of sulfonamides is 1. The quantitative estimate of drug-likeness (QED) is 0.620. The van der Waals surface area contributed by atoms with E-state index in [0.29, 0.717) is 31.3 Å². The molecule has 1 N–H and O–H groups in total. The van der Waals surface area contributed by atoms with Crippen LogP contribution < -0.4 is 4.72 Å². The molecule has 1 aliphatic rings. The van der Waals surface area contributed by atoms with Crippen LogP contribution in [0.3, 0.4) is 0 Å². The molecule has 0 amide bonds. The van der Waals surface area contributed by atoms with Gasteiger partial charge in [-0.2, -0.15) is 0 Å². The van der Waals surface area contributed by atoms with Gasteiger partial charge in [0.2, 0.25) is 10.0 Å². The van der Waals surface area contributed by atoms with Gasteiger partial charge in [-0.3, -0.25) is 4.90 Å². The number of esters is 1. The Morgan fingerprint density at radius 2 is 1.93 bits per heavy atom. The molecule has 0 spiro atoms. The first-order valence-electron chi connectivity index (χ1n) is 9.75. The predicted octanol–water partition coefficient (Wildman–Crippen LogP) is 2.87. The van der Waals surface area contributed by atoms with Crippen molar-refractivity contribution in [2.24, 2.45) is 0 Å². The van der Waals surface area contributed by atoms with E-state index in [1.807, 2.05) is 18.2 Å². The maximum Gasteiger partial charge on any atom is 0.338 e. The largest absolute Gasteiger partial charge is 0.462 e. The van der Waals surface area contributed by atoms with Gasteiger partial charge in [0.15, 0.2) is 0 Å². The number of hydrogen-bond acceptors (Lipinski definition) is 6. The highest BCUT2D eigenvalue weighted by atomic mass is 35.5. The third-order valence-corrected chi connectivity index (χ3v) is 6.50. The first-order chi connectivity index (χ1) is 14.4. The first kappa shape index (κ1) is 22.7. The maximum absolute atomic E-state index is 12.9. The molecule has 1 heterocycles. The summed E-state index contributed by atoms with van der Waals surface area (Å²) < 4.78 is 38.9. The summed E-state index contributed by atoms with van der Waals surface area (Å²) in [5, 5.41) is 0.593. The van der Waals surface area contributed by atoms with Gasteiger partial charge in [-0.25, -0.2) is 17.9 Å². The van der Waals surface area contributed by atoms with Crippen LogP contribution in [-0.2, 0) is 19.5 Å². The van der Waals surface area contributed by atoms with Crippen LogP contribution in [0.25, 0.3) is 0 Å². The molecule has 1 unspecified atom stereocenters. The summed E-state index contributed by atoms with van der Waals surface area (Å²) in [6, 6.07) is 13.0. The molecule has 0 radical (unpaired) electrons. The lowest BCUT2D eigenvalue weighted by atomic mass is 10.1. The van der Waals surface area contributed by atoms with Crippen molar-refractivity contribution in [3.05, 3.63) is 64.7 Å². The number of nitrogens with zero attached hydrogens (tertiary/aromatic N) is 1. The third kappa shape index (κ3) is 5.80. The molecule has 0 saturated carbocycles. The molecule has 1 atom stereocenters. The first-order valence-corrected chi connectivity index (χ1v) is 11.6. The van der Waals surface area contributed by atoms with E-state index < -0.39 is 16.0 Å². The van der Waals surface area contributed by atoms with Crippen LogP contribution in [0, 0.1) is 0 Å². The van der Waals surface area contributed by atoms with Crippen LogP contribution in [0.4, 0.5) is 0 Å². The van der Waals surface area contributed by atoms with Crippen molar-refractivity contribution in [2.45, 2.75) is 17.9 Å². The van der Waals surface area contributed by atoms with Crippen molar-refractivity contribution in [3.63, 3.8) is 0 Å². The van der Waals surface area contributed by atoms with Crippen molar-refractivity contribution in [2.75, 3.05) is 39.5 Å².